The summed E-state index contributed by atoms with van der Waals surface area (Å²) in [6, 6.07) is 17.4. The van der Waals surface area contributed by atoms with E-state index in [0.29, 0.717) is 46.9 Å². The van der Waals surface area contributed by atoms with Gasteiger partial charge in [-0.3, -0.25) is 14.5 Å². The molecular weight excluding hydrogens is 536 g/mol. The maximum Gasteiger partial charge on any atom is 0.301 e. The van der Waals surface area contributed by atoms with Crippen molar-refractivity contribution in [1.82, 2.24) is 4.98 Å². The van der Waals surface area contributed by atoms with Gasteiger partial charge < -0.3 is 14.6 Å². The van der Waals surface area contributed by atoms with Gasteiger partial charge in [0.15, 0.2) is 5.13 Å². The molecule has 1 saturated heterocycles. The molecule has 41 heavy (non-hydrogen) atoms. The van der Waals surface area contributed by atoms with Crippen LogP contribution in [0.25, 0.3) is 16.0 Å². The number of aryl methyl sites for hydroxylation is 2. The fourth-order valence-corrected chi connectivity index (χ4v) is 6.19. The minimum absolute atomic E-state index is 0.00523. The Kier molecular flexibility index (Phi) is 8.13. The number of benzene rings is 3. The van der Waals surface area contributed by atoms with Crippen LogP contribution in [0.15, 0.2) is 66.2 Å². The highest BCUT2D eigenvalue weighted by atomic mass is 32.1. The van der Waals surface area contributed by atoms with Crippen molar-refractivity contribution in [2.24, 2.45) is 5.92 Å². The van der Waals surface area contributed by atoms with Crippen LogP contribution in [0.1, 0.15) is 55.5 Å². The lowest BCUT2D eigenvalue weighted by molar-refractivity contribution is -0.132. The maximum atomic E-state index is 13.7. The van der Waals surface area contributed by atoms with Crippen molar-refractivity contribution in [3.8, 4) is 11.5 Å². The second-order valence-corrected chi connectivity index (χ2v) is 11.7. The Balaban J connectivity index is 1.65. The quantitative estimate of drug-likeness (QED) is 0.128. The van der Waals surface area contributed by atoms with Crippen molar-refractivity contribution in [2.75, 3.05) is 18.1 Å². The van der Waals surface area contributed by atoms with E-state index in [2.05, 4.69) is 13.8 Å². The Labute approximate surface area is 244 Å². The van der Waals surface area contributed by atoms with E-state index in [1.807, 2.05) is 57.2 Å². The summed E-state index contributed by atoms with van der Waals surface area (Å²) in [4.78, 5) is 33.5. The van der Waals surface area contributed by atoms with Gasteiger partial charge in [0.2, 0.25) is 0 Å². The largest absolute Gasteiger partial charge is 0.507 e. The van der Waals surface area contributed by atoms with E-state index >= 15 is 0 Å². The molecule has 1 N–H and O–H groups in total. The molecule has 1 aliphatic rings. The smallest absolute Gasteiger partial charge is 0.301 e. The number of carbonyl (C=O) groups is 2. The van der Waals surface area contributed by atoms with Crippen LogP contribution < -0.4 is 14.4 Å². The summed E-state index contributed by atoms with van der Waals surface area (Å²) >= 11 is 1.36. The Morgan fingerprint density at radius 3 is 2.49 bits per heavy atom. The zero-order valence-corrected chi connectivity index (χ0v) is 24.7. The summed E-state index contributed by atoms with van der Waals surface area (Å²) in [7, 11) is 0. The highest BCUT2D eigenvalue weighted by Gasteiger charge is 2.48. The Hall–Kier alpha value is -4.17. The van der Waals surface area contributed by atoms with E-state index in [9.17, 15) is 14.7 Å². The molecule has 1 atom stereocenters. The molecule has 0 bridgehead atoms. The average molecular weight is 571 g/mol. The van der Waals surface area contributed by atoms with Gasteiger partial charge >= 0.3 is 5.91 Å². The van der Waals surface area contributed by atoms with Gasteiger partial charge in [0.25, 0.3) is 5.78 Å². The summed E-state index contributed by atoms with van der Waals surface area (Å²) in [5.74, 6) is 0.0170. The van der Waals surface area contributed by atoms with Crippen molar-refractivity contribution in [3.63, 3.8) is 0 Å². The first kappa shape index (κ1) is 28.4. The molecule has 1 aliphatic heterocycles. The number of aromatic nitrogens is 1. The Morgan fingerprint density at radius 1 is 1.02 bits per heavy atom. The van der Waals surface area contributed by atoms with Gasteiger partial charge in [0.05, 0.1) is 35.0 Å². The molecule has 1 aromatic heterocycles. The fraction of sp³-hybridized carbons (Fsp3) is 0.303. The van der Waals surface area contributed by atoms with Gasteiger partial charge in [-0.1, -0.05) is 43.4 Å². The molecule has 1 fully saturated rings. The zero-order valence-electron chi connectivity index (χ0n) is 23.9. The van der Waals surface area contributed by atoms with Gasteiger partial charge in [-0.05, 0) is 92.3 Å². The number of Topliss-reactive ketones (excluding diaryl/α,β-unsaturated/α-hetero) is 1. The van der Waals surface area contributed by atoms with Gasteiger partial charge in [-0.15, -0.1) is 0 Å². The number of hydrogen-bond donors (Lipinski definition) is 1. The predicted octanol–water partition coefficient (Wildman–Crippen LogP) is 7.36. The predicted molar refractivity (Wildman–Crippen MR) is 163 cm³/mol. The minimum Gasteiger partial charge on any atom is -0.507 e. The molecule has 1 amide bonds. The van der Waals surface area contributed by atoms with E-state index in [1.165, 1.54) is 16.2 Å². The summed E-state index contributed by atoms with van der Waals surface area (Å²) < 4.78 is 12.5. The van der Waals surface area contributed by atoms with Crippen LogP contribution in [0.3, 0.4) is 0 Å². The Morgan fingerprint density at radius 2 is 1.78 bits per heavy atom. The average Bonchev–Trinajstić information content (AvgIpc) is 3.47. The lowest BCUT2D eigenvalue weighted by Crippen LogP contribution is -2.29. The second kappa shape index (κ2) is 11.7. The summed E-state index contributed by atoms with van der Waals surface area (Å²) in [5, 5.41) is 11.9. The molecule has 3 aromatic carbocycles. The van der Waals surface area contributed by atoms with Gasteiger partial charge in [0.1, 0.15) is 17.3 Å². The number of ether oxygens (including phenoxy) is 2. The molecule has 0 aliphatic carbocycles. The number of nitrogens with zero attached hydrogens (tertiary/aromatic N) is 2. The number of anilines is 1. The molecule has 5 rings (SSSR count). The molecule has 0 saturated carbocycles. The number of amides is 1. The zero-order chi connectivity index (χ0) is 29.3. The second-order valence-electron chi connectivity index (χ2n) is 10.7. The first-order valence-corrected chi connectivity index (χ1v) is 14.6. The highest BCUT2D eigenvalue weighted by Crippen LogP contribution is 2.45. The number of ketones is 1. The van der Waals surface area contributed by atoms with Crippen molar-refractivity contribution < 1.29 is 24.2 Å². The van der Waals surface area contributed by atoms with E-state index in [-0.39, 0.29) is 11.3 Å². The lowest BCUT2D eigenvalue weighted by Gasteiger charge is -2.23. The van der Waals surface area contributed by atoms with Crippen LogP contribution in [0.2, 0.25) is 0 Å². The number of thiazole rings is 1. The summed E-state index contributed by atoms with van der Waals surface area (Å²) in [6.45, 7) is 11.2. The molecule has 4 aromatic rings. The molecule has 1 unspecified atom stereocenters. The van der Waals surface area contributed by atoms with Crippen LogP contribution in [-0.4, -0.2) is 35.0 Å². The standard InChI is InChI=1S/C33H34N2O5S/c1-6-39-24-12-10-22(11-13-24)30(36)27-29(23-8-7-9-25(18-23)40-15-14-19(2)3)35(32(38)31(27)37)33-34-28-21(5)16-20(4)17-26(28)41-33/h7-13,16-19,29,36H,6,14-15H2,1-5H3. The van der Waals surface area contributed by atoms with Crippen LogP contribution in [0, 0.1) is 19.8 Å². The highest BCUT2D eigenvalue weighted by molar-refractivity contribution is 7.22. The summed E-state index contributed by atoms with van der Waals surface area (Å²) in [5.41, 5.74) is 3.93. The molecule has 0 radical (unpaired) electrons. The van der Waals surface area contributed by atoms with Crippen LogP contribution in [-0.2, 0) is 9.59 Å². The van der Waals surface area contributed by atoms with E-state index in [1.54, 1.807) is 24.3 Å². The van der Waals surface area contributed by atoms with Crippen molar-refractivity contribution in [1.29, 1.82) is 0 Å². The number of aliphatic hydroxyl groups excluding tert-OH is 1. The molecule has 212 valence electrons. The molecule has 8 heteroatoms. The monoisotopic (exact) mass is 570 g/mol. The van der Waals surface area contributed by atoms with Gasteiger partial charge in [-0.25, -0.2) is 4.98 Å². The van der Waals surface area contributed by atoms with Crippen LogP contribution >= 0.6 is 11.3 Å². The maximum absolute atomic E-state index is 13.7. The fourth-order valence-electron chi connectivity index (χ4n) is 5.03. The van der Waals surface area contributed by atoms with E-state index in [4.69, 9.17) is 14.5 Å². The number of fused-ring (bicyclic) bond motifs is 1. The van der Waals surface area contributed by atoms with Gasteiger partial charge in [0, 0.05) is 5.56 Å². The first-order chi connectivity index (χ1) is 19.7. The van der Waals surface area contributed by atoms with Crippen LogP contribution in [0.5, 0.6) is 11.5 Å². The number of rotatable bonds is 9. The van der Waals surface area contributed by atoms with Crippen molar-refractivity contribution in [3.05, 3.63) is 88.5 Å². The van der Waals surface area contributed by atoms with Crippen molar-refractivity contribution in [2.45, 2.75) is 47.1 Å². The van der Waals surface area contributed by atoms with Gasteiger partial charge in [-0.2, -0.15) is 0 Å². The third-order valence-corrected chi connectivity index (χ3v) is 8.05. The van der Waals surface area contributed by atoms with E-state index in [0.717, 1.165) is 27.8 Å². The normalized spacial score (nSPS) is 16.6. The molecule has 2 heterocycles. The lowest BCUT2D eigenvalue weighted by atomic mass is 9.95. The molecule has 0 spiro atoms. The minimum atomic E-state index is -0.891. The number of hydrogen-bond acceptors (Lipinski definition) is 7. The van der Waals surface area contributed by atoms with Crippen LogP contribution in [0.4, 0.5) is 5.13 Å². The SMILES string of the molecule is CCOc1ccc(C(O)=C2C(=O)C(=O)N(c3nc4c(C)cc(C)cc4s3)C2c2cccc(OCCC(C)C)c2)cc1. The summed E-state index contributed by atoms with van der Waals surface area (Å²) in [6.07, 6.45) is 0.894. The number of carbonyl (C=O) groups excluding carboxylic acids is 2. The third-order valence-electron chi connectivity index (χ3n) is 7.05. The molecular formula is C33H34N2O5S. The Bertz CT molecular complexity index is 1640. The number of aliphatic hydroxyl groups is 1. The van der Waals surface area contributed by atoms with Crippen molar-refractivity contribution >= 4 is 44.1 Å². The first-order valence-electron chi connectivity index (χ1n) is 13.8. The third kappa shape index (κ3) is 5.70. The molecule has 7 nitrogen and oxygen atoms in total. The topological polar surface area (TPSA) is 89.0 Å². The van der Waals surface area contributed by atoms with E-state index < -0.39 is 17.7 Å².